The molecule has 0 aliphatic carbocycles. The van der Waals surface area contributed by atoms with Gasteiger partial charge in [-0.1, -0.05) is 12.1 Å². The van der Waals surface area contributed by atoms with E-state index in [2.05, 4.69) is 41.2 Å². The minimum absolute atomic E-state index is 0.279. The summed E-state index contributed by atoms with van der Waals surface area (Å²) in [6.07, 6.45) is 1.45. The minimum atomic E-state index is -0.329. The van der Waals surface area contributed by atoms with Crippen molar-refractivity contribution in [1.82, 2.24) is 30.2 Å². The van der Waals surface area contributed by atoms with Crippen molar-refractivity contribution in [1.29, 1.82) is 0 Å². The van der Waals surface area contributed by atoms with Crippen LogP contribution in [0.3, 0.4) is 0 Å². The number of hydrogen-bond donors (Lipinski definition) is 3. The van der Waals surface area contributed by atoms with Crippen LogP contribution in [0.25, 0.3) is 33.2 Å². The van der Waals surface area contributed by atoms with Gasteiger partial charge in [-0.3, -0.25) is 9.63 Å². The van der Waals surface area contributed by atoms with Gasteiger partial charge in [-0.05, 0) is 39.8 Å². The van der Waals surface area contributed by atoms with Crippen LogP contribution in [0.1, 0.15) is 38.2 Å². The van der Waals surface area contributed by atoms with Gasteiger partial charge in [-0.15, -0.1) is 0 Å². The van der Waals surface area contributed by atoms with Crippen molar-refractivity contribution >= 4 is 33.7 Å². The average Bonchev–Trinajstić information content (AvgIpc) is 3.27. The number of aromatic amines is 1. The molecule has 0 saturated carbocycles. The monoisotopic (exact) mass is 393 g/mol. The smallest absolute Gasteiger partial charge is 0.291 e. The number of fused-ring (bicyclic) bond motifs is 2. The molecule has 0 spiro atoms. The fourth-order valence-electron chi connectivity index (χ4n) is 3.23. The summed E-state index contributed by atoms with van der Waals surface area (Å²) in [6, 6.07) is 7.59. The van der Waals surface area contributed by atoms with Gasteiger partial charge >= 0.3 is 0 Å². The summed E-state index contributed by atoms with van der Waals surface area (Å²) in [4.78, 5) is 28.8. The standard InChI is InChI=1S/C20H23N7O2/c1-5-29-26-19(28)14-8-11-6-7-12(9-13(11)24-14)16-15-17(21)22-10-23-18(15)27(25-16)20(2,3)4/h6-10,24H,5H2,1-4H3,(H,26,28)(H2,21,22,23). The molecule has 0 fully saturated rings. The first-order valence-electron chi connectivity index (χ1n) is 9.34. The third-order valence-electron chi connectivity index (χ3n) is 4.58. The minimum Gasteiger partial charge on any atom is -0.383 e. The second kappa shape index (κ2) is 6.85. The zero-order chi connectivity index (χ0) is 20.8. The Hall–Kier alpha value is -3.46. The van der Waals surface area contributed by atoms with Crippen LogP contribution in [0.4, 0.5) is 5.82 Å². The molecule has 150 valence electrons. The van der Waals surface area contributed by atoms with Crippen molar-refractivity contribution in [3.8, 4) is 11.3 Å². The van der Waals surface area contributed by atoms with Crippen LogP contribution in [0.2, 0.25) is 0 Å². The second-order valence-electron chi connectivity index (χ2n) is 7.74. The van der Waals surface area contributed by atoms with E-state index in [0.29, 0.717) is 34.8 Å². The molecule has 0 unspecified atom stereocenters. The number of aromatic nitrogens is 5. The van der Waals surface area contributed by atoms with Gasteiger partial charge in [-0.25, -0.2) is 20.1 Å². The van der Waals surface area contributed by atoms with Crippen LogP contribution in [0, 0.1) is 0 Å². The number of anilines is 1. The van der Waals surface area contributed by atoms with Crippen molar-refractivity contribution in [3.05, 3.63) is 36.3 Å². The van der Waals surface area contributed by atoms with Gasteiger partial charge in [0.25, 0.3) is 5.91 Å². The third-order valence-corrected chi connectivity index (χ3v) is 4.58. The summed E-state index contributed by atoms with van der Waals surface area (Å²) in [7, 11) is 0. The third kappa shape index (κ3) is 3.29. The molecule has 29 heavy (non-hydrogen) atoms. The van der Waals surface area contributed by atoms with E-state index >= 15 is 0 Å². The lowest BCUT2D eigenvalue weighted by atomic mass is 10.1. The Morgan fingerprint density at radius 1 is 1.28 bits per heavy atom. The zero-order valence-corrected chi connectivity index (χ0v) is 16.8. The Bertz CT molecular complexity index is 1220. The number of benzene rings is 1. The number of amides is 1. The first-order chi connectivity index (χ1) is 13.8. The molecular weight excluding hydrogens is 370 g/mol. The lowest BCUT2D eigenvalue weighted by Crippen LogP contribution is -2.23. The topological polar surface area (TPSA) is 124 Å². The number of hydroxylamine groups is 1. The van der Waals surface area contributed by atoms with E-state index in [4.69, 9.17) is 15.7 Å². The molecule has 1 aromatic carbocycles. The number of nitrogens with zero attached hydrogens (tertiary/aromatic N) is 4. The van der Waals surface area contributed by atoms with Gasteiger partial charge in [0.15, 0.2) is 5.65 Å². The summed E-state index contributed by atoms with van der Waals surface area (Å²) in [5.74, 6) is 0.0496. The first kappa shape index (κ1) is 18.9. The normalized spacial score (nSPS) is 12.0. The highest BCUT2D eigenvalue weighted by molar-refractivity contribution is 6.01. The maximum absolute atomic E-state index is 12.1. The first-order valence-corrected chi connectivity index (χ1v) is 9.34. The molecule has 3 aromatic heterocycles. The van der Waals surface area contributed by atoms with E-state index in [1.807, 2.05) is 22.9 Å². The van der Waals surface area contributed by atoms with E-state index < -0.39 is 0 Å². The van der Waals surface area contributed by atoms with Gasteiger partial charge in [0.2, 0.25) is 0 Å². The Morgan fingerprint density at radius 3 is 2.79 bits per heavy atom. The van der Waals surface area contributed by atoms with Crippen molar-refractivity contribution in [2.75, 3.05) is 12.3 Å². The predicted molar refractivity (Wildman–Crippen MR) is 111 cm³/mol. The summed E-state index contributed by atoms with van der Waals surface area (Å²) >= 11 is 0. The number of rotatable bonds is 4. The summed E-state index contributed by atoms with van der Waals surface area (Å²) in [6.45, 7) is 8.36. The highest BCUT2D eigenvalue weighted by Gasteiger charge is 2.24. The van der Waals surface area contributed by atoms with Gasteiger partial charge in [0.1, 0.15) is 23.5 Å². The quantitative estimate of drug-likeness (QED) is 0.458. The Labute approximate surface area is 167 Å². The maximum Gasteiger partial charge on any atom is 0.291 e. The van der Waals surface area contributed by atoms with E-state index in [9.17, 15) is 4.79 Å². The summed E-state index contributed by atoms with van der Waals surface area (Å²) in [5.41, 5.74) is 11.7. The fraction of sp³-hybridized carbons (Fsp3) is 0.300. The van der Waals surface area contributed by atoms with Crippen molar-refractivity contribution in [3.63, 3.8) is 0 Å². The lowest BCUT2D eigenvalue weighted by molar-refractivity contribution is 0.0360. The molecule has 0 saturated heterocycles. The average molecular weight is 393 g/mol. The van der Waals surface area contributed by atoms with Crippen molar-refractivity contribution in [2.24, 2.45) is 0 Å². The van der Waals surface area contributed by atoms with Crippen LogP contribution >= 0.6 is 0 Å². The van der Waals surface area contributed by atoms with Crippen LogP contribution in [-0.2, 0) is 10.4 Å². The van der Waals surface area contributed by atoms with Crippen LogP contribution in [-0.4, -0.2) is 37.2 Å². The van der Waals surface area contributed by atoms with Gasteiger partial charge in [-0.2, -0.15) is 5.10 Å². The molecule has 4 rings (SSSR count). The molecule has 0 bridgehead atoms. The molecule has 0 atom stereocenters. The number of carbonyl (C=O) groups is 1. The number of nitrogens with two attached hydrogens (primary N) is 1. The predicted octanol–water partition coefficient (Wildman–Crippen LogP) is 2.99. The fourth-order valence-corrected chi connectivity index (χ4v) is 3.23. The van der Waals surface area contributed by atoms with Crippen molar-refractivity contribution in [2.45, 2.75) is 33.2 Å². The number of nitrogens with one attached hydrogen (secondary N) is 2. The van der Waals surface area contributed by atoms with Crippen molar-refractivity contribution < 1.29 is 9.63 Å². The molecular formula is C20H23N7O2. The molecule has 4 aromatic rings. The molecule has 9 heteroatoms. The summed E-state index contributed by atoms with van der Waals surface area (Å²) < 4.78 is 1.86. The van der Waals surface area contributed by atoms with Crippen LogP contribution in [0.15, 0.2) is 30.6 Å². The van der Waals surface area contributed by atoms with Gasteiger partial charge < -0.3 is 10.7 Å². The number of hydrogen-bond acceptors (Lipinski definition) is 6. The Morgan fingerprint density at radius 2 is 2.07 bits per heavy atom. The second-order valence-corrected chi connectivity index (χ2v) is 7.74. The van der Waals surface area contributed by atoms with E-state index in [1.165, 1.54) is 6.33 Å². The number of H-pyrrole nitrogens is 1. The zero-order valence-electron chi connectivity index (χ0n) is 16.8. The van der Waals surface area contributed by atoms with E-state index in [-0.39, 0.29) is 11.4 Å². The Balaban J connectivity index is 1.85. The lowest BCUT2D eigenvalue weighted by Gasteiger charge is -2.19. The molecule has 3 heterocycles. The molecule has 0 aliphatic rings. The molecule has 9 nitrogen and oxygen atoms in total. The van der Waals surface area contributed by atoms with Gasteiger partial charge in [0, 0.05) is 16.5 Å². The highest BCUT2D eigenvalue weighted by atomic mass is 16.6. The molecule has 0 radical (unpaired) electrons. The molecule has 0 aliphatic heterocycles. The largest absolute Gasteiger partial charge is 0.383 e. The number of carbonyl (C=O) groups excluding carboxylic acids is 1. The van der Waals surface area contributed by atoms with Crippen LogP contribution < -0.4 is 11.2 Å². The number of nitrogen functional groups attached to an aromatic ring is 1. The van der Waals surface area contributed by atoms with E-state index in [0.717, 1.165) is 16.5 Å². The van der Waals surface area contributed by atoms with Gasteiger partial charge in [0.05, 0.1) is 17.5 Å². The maximum atomic E-state index is 12.1. The Kier molecular flexibility index (Phi) is 4.46. The highest BCUT2D eigenvalue weighted by Crippen LogP contribution is 2.34. The molecule has 1 amide bonds. The summed E-state index contributed by atoms with van der Waals surface area (Å²) in [5, 5.41) is 6.41. The molecule has 4 N–H and O–H groups in total. The van der Waals surface area contributed by atoms with E-state index in [1.54, 1.807) is 13.0 Å². The SMILES string of the molecule is CCONC(=O)c1cc2ccc(-c3nn(C(C)(C)C)c4ncnc(N)c34)cc2[nH]1. The van der Waals surface area contributed by atoms with Crippen LogP contribution in [0.5, 0.6) is 0 Å².